The van der Waals surface area contributed by atoms with E-state index in [2.05, 4.69) is 26.2 Å². The Hall–Kier alpha value is -1.33. The monoisotopic (exact) mass is 326 g/mol. The van der Waals surface area contributed by atoms with Crippen molar-refractivity contribution in [2.24, 2.45) is 0 Å². The number of nitrogens with zero attached hydrogens (tertiary/aromatic N) is 1. The molecule has 0 aliphatic heterocycles. The van der Waals surface area contributed by atoms with Gasteiger partial charge in [-0.15, -0.1) is 0 Å². The summed E-state index contributed by atoms with van der Waals surface area (Å²) in [7, 11) is 1.80. The van der Waals surface area contributed by atoms with Crippen LogP contribution in [0.15, 0.2) is 41.0 Å². The average Bonchev–Trinajstić information content (AvgIpc) is 2.36. The van der Waals surface area contributed by atoms with Gasteiger partial charge in [0.1, 0.15) is 11.6 Å². The Balaban J connectivity index is 2.21. The molecule has 1 aromatic heterocycles. The Labute approximate surface area is 119 Å². The quantitative estimate of drug-likeness (QED) is 0.928. The van der Waals surface area contributed by atoms with E-state index >= 15 is 0 Å². The maximum atomic E-state index is 13.2. The van der Waals surface area contributed by atoms with Crippen LogP contribution >= 0.6 is 15.9 Å². The molecule has 2 aromatic rings. The lowest BCUT2D eigenvalue weighted by Crippen LogP contribution is -2.20. The lowest BCUT2D eigenvalue weighted by Gasteiger charge is -2.16. The highest BCUT2D eigenvalue weighted by atomic mass is 79.9. The predicted octanol–water partition coefficient (Wildman–Crippen LogP) is 3.63. The molecular weight excluding hydrogens is 314 g/mol. The molecule has 0 amide bonds. The van der Waals surface area contributed by atoms with Crippen molar-refractivity contribution < 1.29 is 8.78 Å². The van der Waals surface area contributed by atoms with Crippen molar-refractivity contribution in [2.75, 3.05) is 7.05 Å². The van der Waals surface area contributed by atoms with Gasteiger partial charge in [-0.2, -0.15) is 0 Å². The summed E-state index contributed by atoms with van der Waals surface area (Å²) in [6, 6.07) is 7.22. The topological polar surface area (TPSA) is 24.9 Å². The fraction of sp³-hybridized carbons (Fsp3) is 0.214. The minimum Gasteiger partial charge on any atom is -0.311 e. The van der Waals surface area contributed by atoms with Crippen molar-refractivity contribution in [3.8, 4) is 0 Å². The number of pyridine rings is 1. The van der Waals surface area contributed by atoms with Crippen LogP contribution in [-0.2, 0) is 6.42 Å². The molecule has 0 saturated carbocycles. The summed E-state index contributed by atoms with van der Waals surface area (Å²) < 4.78 is 27.2. The Bertz CT molecular complexity index is 538. The summed E-state index contributed by atoms with van der Waals surface area (Å²) in [5.74, 6) is -1.12. The minimum absolute atomic E-state index is 0.0886. The molecule has 0 saturated heterocycles. The number of hydrogen-bond donors (Lipinski definition) is 1. The summed E-state index contributed by atoms with van der Waals surface area (Å²) in [5.41, 5.74) is 1.43. The molecule has 2 rings (SSSR count). The summed E-state index contributed by atoms with van der Waals surface area (Å²) in [4.78, 5) is 4.29. The van der Waals surface area contributed by atoms with E-state index in [-0.39, 0.29) is 6.04 Å². The highest BCUT2D eigenvalue weighted by molar-refractivity contribution is 9.10. The van der Waals surface area contributed by atoms with Crippen molar-refractivity contribution in [3.05, 3.63) is 63.9 Å². The van der Waals surface area contributed by atoms with Gasteiger partial charge in [0.05, 0.1) is 11.7 Å². The van der Waals surface area contributed by atoms with E-state index in [4.69, 9.17) is 0 Å². The first-order valence-corrected chi connectivity index (χ1v) is 6.61. The number of halogens is 3. The van der Waals surface area contributed by atoms with Gasteiger partial charge >= 0.3 is 0 Å². The predicted molar refractivity (Wildman–Crippen MR) is 73.8 cm³/mol. The molecule has 1 aromatic carbocycles. The number of hydrogen-bond acceptors (Lipinski definition) is 2. The molecule has 1 heterocycles. The Morgan fingerprint density at radius 3 is 2.42 bits per heavy atom. The summed E-state index contributed by atoms with van der Waals surface area (Å²) in [6.07, 6.45) is 2.17. The highest BCUT2D eigenvalue weighted by Crippen LogP contribution is 2.19. The normalized spacial score (nSPS) is 12.4. The standard InChI is InChI=1S/C14H13BrF2N2/c1-18-14(13-3-2-10(15)8-19-13)6-9-4-11(16)7-12(17)5-9/h2-5,7-8,14,18H,6H2,1H3. The van der Waals surface area contributed by atoms with Gasteiger partial charge in [-0.05, 0) is 59.2 Å². The second kappa shape index (κ2) is 6.21. The van der Waals surface area contributed by atoms with E-state index in [9.17, 15) is 8.78 Å². The smallest absolute Gasteiger partial charge is 0.126 e. The molecule has 0 aliphatic rings. The third-order valence-electron chi connectivity index (χ3n) is 2.82. The number of rotatable bonds is 4. The zero-order valence-electron chi connectivity index (χ0n) is 10.3. The van der Waals surface area contributed by atoms with E-state index in [0.717, 1.165) is 16.2 Å². The number of likely N-dealkylation sites (N-methyl/N-ethyl adjacent to an activating group) is 1. The van der Waals surface area contributed by atoms with Gasteiger partial charge in [0.2, 0.25) is 0 Å². The fourth-order valence-corrected chi connectivity index (χ4v) is 2.15. The zero-order chi connectivity index (χ0) is 13.8. The van der Waals surface area contributed by atoms with Crippen LogP contribution in [0.5, 0.6) is 0 Å². The molecule has 19 heavy (non-hydrogen) atoms. The molecule has 2 nitrogen and oxygen atoms in total. The summed E-state index contributed by atoms with van der Waals surface area (Å²) >= 11 is 3.32. The third kappa shape index (κ3) is 3.81. The highest BCUT2D eigenvalue weighted by Gasteiger charge is 2.12. The van der Waals surface area contributed by atoms with E-state index in [0.29, 0.717) is 12.0 Å². The molecule has 1 unspecified atom stereocenters. The lowest BCUT2D eigenvalue weighted by molar-refractivity contribution is 0.555. The molecule has 1 N–H and O–H groups in total. The molecule has 1 atom stereocenters. The molecule has 0 radical (unpaired) electrons. The maximum Gasteiger partial charge on any atom is 0.126 e. The van der Waals surface area contributed by atoms with E-state index < -0.39 is 11.6 Å². The molecule has 100 valence electrons. The Morgan fingerprint density at radius 2 is 1.89 bits per heavy atom. The van der Waals surface area contributed by atoms with Crippen molar-refractivity contribution in [1.82, 2.24) is 10.3 Å². The van der Waals surface area contributed by atoms with E-state index in [1.54, 1.807) is 13.2 Å². The third-order valence-corrected chi connectivity index (χ3v) is 3.29. The van der Waals surface area contributed by atoms with Crippen LogP contribution in [-0.4, -0.2) is 12.0 Å². The second-order valence-corrected chi connectivity index (χ2v) is 5.14. The van der Waals surface area contributed by atoms with Crippen molar-refractivity contribution in [3.63, 3.8) is 0 Å². The van der Waals surface area contributed by atoms with E-state index in [1.807, 2.05) is 12.1 Å². The molecule has 0 bridgehead atoms. The second-order valence-electron chi connectivity index (χ2n) is 4.22. The van der Waals surface area contributed by atoms with Crippen molar-refractivity contribution in [1.29, 1.82) is 0 Å². The van der Waals surface area contributed by atoms with Crippen LogP contribution in [0.4, 0.5) is 8.78 Å². The first-order valence-electron chi connectivity index (χ1n) is 5.82. The van der Waals surface area contributed by atoms with Gasteiger partial charge in [-0.25, -0.2) is 8.78 Å². The van der Waals surface area contributed by atoms with Crippen LogP contribution in [0, 0.1) is 11.6 Å². The SMILES string of the molecule is CNC(Cc1cc(F)cc(F)c1)c1ccc(Br)cn1. The lowest BCUT2D eigenvalue weighted by atomic mass is 10.0. The Morgan fingerprint density at radius 1 is 1.21 bits per heavy atom. The summed E-state index contributed by atoms with van der Waals surface area (Å²) in [5, 5.41) is 3.10. The molecule has 5 heteroatoms. The van der Waals surface area contributed by atoms with E-state index in [1.165, 1.54) is 12.1 Å². The van der Waals surface area contributed by atoms with Gasteiger partial charge in [0, 0.05) is 16.7 Å². The van der Waals surface area contributed by atoms with Gasteiger partial charge in [-0.1, -0.05) is 0 Å². The first kappa shape index (κ1) is 14.1. The zero-order valence-corrected chi connectivity index (χ0v) is 11.9. The molecule has 0 fully saturated rings. The van der Waals surface area contributed by atoms with Gasteiger partial charge in [-0.3, -0.25) is 4.98 Å². The largest absolute Gasteiger partial charge is 0.311 e. The van der Waals surface area contributed by atoms with Gasteiger partial charge in [0.15, 0.2) is 0 Å². The average molecular weight is 327 g/mol. The molecular formula is C14H13BrF2N2. The van der Waals surface area contributed by atoms with Gasteiger partial charge < -0.3 is 5.32 Å². The van der Waals surface area contributed by atoms with Crippen molar-refractivity contribution >= 4 is 15.9 Å². The number of nitrogens with one attached hydrogen (secondary N) is 1. The van der Waals surface area contributed by atoms with Crippen molar-refractivity contribution in [2.45, 2.75) is 12.5 Å². The molecule has 0 spiro atoms. The molecule has 0 aliphatic carbocycles. The van der Waals surface area contributed by atoms with Crippen LogP contribution in [0.25, 0.3) is 0 Å². The first-order chi connectivity index (χ1) is 9.08. The van der Waals surface area contributed by atoms with Crippen LogP contribution in [0.1, 0.15) is 17.3 Å². The maximum absolute atomic E-state index is 13.2. The Kier molecular flexibility index (Phi) is 4.61. The number of benzene rings is 1. The summed E-state index contributed by atoms with van der Waals surface area (Å²) in [6.45, 7) is 0. The van der Waals surface area contributed by atoms with Crippen LogP contribution < -0.4 is 5.32 Å². The van der Waals surface area contributed by atoms with Gasteiger partial charge in [0.25, 0.3) is 0 Å². The van der Waals surface area contributed by atoms with Crippen LogP contribution in [0.2, 0.25) is 0 Å². The fourth-order valence-electron chi connectivity index (χ4n) is 1.91. The van der Waals surface area contributed by atoms with Crippen LogP contribution in [0.3, 0.4) is 0 Å². The number of aromatic nitrogens is 1. The minimum atomic E-state index is -0.561.